The Balaban J connectivity index is 1.81. The summed E-state index contributed by atoms with van der Waals surface area (Å²) < 4.78 is 5.68. The molecule has 2 nitrogen and oxygen atoms in total. The summed E-state index contributed by atoms with van der Waals surface area (Å²) in [6.07, 6.45) is 6.75. The summed E-state index contributed by atoms with van der Waals surface area (Å²) in [4.78, 5) is 2.93. The highest BCUT2D eigenvalue weighted by atomic mass is 32.1. The number of hydrogen-bond donors (Lipinski definition) is 1. The van der Waals surface area contributed by atoms with Crippen LogP contribution in [0.2, 0.25) is 0 Å². The maximum absolute atomic E-state index is 5.68. The summed E-state index contributed by atoms with van der Waals surface area (Å²) >= 11 is 1.94. The largest absolute Gasteiger partial charge is 0.378 e. The van der Waals surface area contributed by atoms with E-state index in [1.54, 1.807) is 0 Å². The molecule has 0 bridgehead atoms. The van der Waals surface area contributed by atoms with E-state index >= 15 is 0 Å². The minimum atomic E-state index is 0.517. The number of thiophene rings is 1. The van der Waals surface area contributed by atoms with Gasteiger partial charge in [-0.25, -0.2) is 0 Å². The predicted octanol–water partition coefficient (Wildman–Crippen LogP) is 3.97. The molecule has 2 rings (SSSR count). The van der Waals surface area contributed by atoms with Gasteiger partial charge < -0.3 is 10.1 Å². The molecule has 1 fully saturated rings. The van der Waals surface area contributed by atoms with E-state index in [-0.39, 0.29) is 0 Å². The fourth-order valence-corrected chi connectivity index (χ4v) is 3.81. The van der Waals surface area contributed by atoms with E-state index in [0.717, 1.165) is 6.61 Å². The normalized spacial score (nSPS) is 21.4. The number of aryl methyl sites for hydroxylation is 2. The van der Waals surface area contributed by atoms with Crippen LogP contribution in [0.3, 0.4) is 0 Å². The van der Waals surface area contributed by atoms with Crippen LogP contribution in [0.1, 0.15) is 53.5 Å². The lowest BCUT2D eigenvalue weighted by Gasteiger charge is -2.16. The highest BCUT2D eigenvalue weighted by Gasteiger charge is 2.17. The van der Waals surface area contributed by atoms with Crippen molar-refractivity contribution in [3.05, 3.63) is 21.4 Å². The average molecular weight is 267 g/mol. The van der Waals surface area contributed by atoms with Crippen molar-refractivity contribution in [3.8, 4) is 0 Å². The summed E-state index contributed by atoms with van der Waals surface area (Å²) in [6, 6.07) is 2.86. The molecule has 1 N–H and O–H groups in total. The smallest absolute Gasteiger partial charge is 0.0576 e. The molecule has 0 spiro atoms. The van der Waals surface area contributed by atoms with Crippen molar-refractivity contribution >= 4 is 11.3 Å². The van der Waals surface area contributed by atoms with Crippen LogP contribution in [0.15, 0.2) is 6.07 Å². The van der Waals surface area contributed by atoms with Crippen LogP contribution in [0.4, 0.5) is 0 Å². The van der Waals surface area contributed by atoms with Gasteiger partial charge in [0, 0.05) is 22.4 Å². The molecule has 1 aromatic rings. The molecule has 1 aromatic heterocycles. The van der Waals surface area contributed by atoms with Crippen LogP contribution < -0.4 is 5.32 Å². The zero-order valence-electron chi connectivity index (χ0n) is 11.8. The van der Waals surface area contributed by atoms with Crippen molar-refractivity contribution < 1.29 is 4.74 Å². The van der Waals surface area contributed by atoms with Crippen LogP contribution >= 0.6 is 11.3 Å². The molecule has 1 saturated heterocycles. The van der Waals surface area contributed by atoms with Crippen molar-refractivity contribution in [2.75, 3.05) is 13.7 Å². The van der Waals surface area contributed by atoms with Gasteiger partial charge in [0.05, 0.1) is 6.10 Å². The van der Waals surface area contributed by atoms with E-state index < -0.39 is 0 Å². The monoisotopic (exact) mass is 267 g/mol. The Hall–Kier alpha value is -0.380. The maximum Gasteiger partial charge on any atom is 0.0576 e. The van der Waals surface area contributed by atoms with Gasteiger partial charge in [-0.15, -0.1) is 11.3 Å². The van der Waals surface area contributed by atoms with E-state index in [1.807, 2.05) is 11.3 Å². The minimum absolute atomic E-state index is 0.517. The van der Waals surface area contributed by atoms with Gasteiger partial charge >= 0.3 is 0 Å². The van der Waals surface area contributed by atoms with E-state index in [2.05, 4.69) is 32.3 Å². The van der Waals surface area contributed by atoms with E-state index in [0.29, 0.717) is 12.1 Å². The Labute approximate surface area is 115 Å². The third-order valence-electron chi connectivity index (χ3n) is 3.92. The summed E-state index contributed by atoms with van der Waals surface area (Å²) in [5.41, 5.74) is 1.43. The molecule has 0 aliphatic carbocycles. The van der Waals surface area contributed by atoms with Crippen LogP contribution in [0, 0.1) is 13.8 Å². The van der Waals surface area contributed by atoms with Crippen LogP contribution in [-0.4, -0.2) is 19.8 Å². The first-order chi connectivity index (χ1) is 8.70. The van der Waals surface area contributed by atoms with Crippen molar-refractivity contribution in [1.29, 1.82) is 0 Å². The topological polar surface area (TPSA) is 21.3 Å². The van der Waals surface area contributed by atoms with Gasteiger partial charge in [0.15, 0.2) is 0 Å². The van der Waals surface area contributed by atoms with Gasteiger partial charge in [-0.3, -0.25) is 0 Å². The molecule has 0 amide bonds. The second-order valence-corrected chi connectivity index (χ2v) is 6.58. The fourth-order valence-electron chi connectivity index (χ4n) is 2.62. The molecule has 1 aliphatic rings. The molecule has 3 heteroatoms. The molecule has 2 atom stereocenters. The number of rotatable bonds is 6. The Morgan fingerprint density at radius 1 is 1.50 bits per heavy atom. The first-order valence-electron chi connectivity index (χ1n) is 7.06. The summed E-state index contributed by atoms with van der Waals surface area (Å²) in [5, 5.41) is 3.45. The molecule has 102 valence electrons. The highest BCUT2D eigenvalue weighted by Crippen LogP contribution is 2.30. The van der Waals surface area contributed by atoms with Gasteiger partial charge in [-0.05, 0) is 64.6 Å². The molecule has 0 radical (unpaired) electrons. The zero-order valence-corrected chi connectivity index (χ0v) is 12.6. The third-order valence-corrected chi connectivity index (χ3v) is 5.19. The van der Waals surface area contributed by atoms with Crippen LogP contribution in [0.25, 0.3) is 0 Å². The highest BCUT2D eigenvalue weighted by molar-refractivity contribution is 7.12. The van der Waals surface area contributed by atoms with Gasteiger partial charge in [0.25, 0.3) is 0 Å². The lowest BCUT2D eigenvalue weighted by molar-refractivity contribution is 0.101. The first kappa shape index (κ1) is 14.0. The Kier molecular flexibility index (Phi) is 5.22. The lowest BCUT2D eigenvalue weighted by Crippen LogP contribution is -2.16. The molecule has 18 heavy (non-hydrogen) atoms. The predicted molar refractivity (Wildman–Crippen MR) is 78.4 cm³/mol. The molecule has 2 heterocycles. The standard InChI is InChI=1S/C15H25NOS/c1-11-10-15(18-12(11)2)14(16-3)8-4-6-13-7-5-9-17-13/h10,13-14,16H,4-9H2,1-3H3. The van der Waals surface area contributed by atoms with Crippen molar-refractivity contribution in [1.82, 2.24) is 5.32 Å². The summed E-state index contributed by atoms with van der Waals surface area (Å²) in [5.74, 6) is 0. The first-order valence-corrected chi connectivity index (χ1v) is 7.88. The van der Waals surface area contributed by atoms with Gasteiger partial charge in [-0.1, -0.05) is 0 Å². The maximum atomic E-state index is 5.68. The van der Waals surface area contributed by atoms with Crippen molar-refractivity contribution in [3.63, 3.8) is 0 Å². The number of hydrogen-bond acceptors (Lipinski definition) is 3. The quantitative estimate of drug-likeness (QED) is 0.842. The van der Waals surface area contributed by atoms with E-state index in [4.69, 9.17) is 4.74 Å². The van der Waals surface area contributed by atoms with Gasteiger partial charge in [-0.2, -0.15) is 0 Å². The summed E-state index contributed by atoms with van der Waals surface area (Å²) in [6.45, 7) is 5.39. The molecular weight excluding hydrogens is 242 g/mol. The molecule has 0 aromatic carbocycles. The molecular formula is C15H25NOS. The van der Waals surface area contributed by atoms with Crippen molar-refractivity contribution in [2.45, 2.75) is 58.1 Å². The lowest BCUT2D eigenvalue weighted by atomic mass is 10.0. The van der Waals surface area contributed by atoms with Gasteiger partial charge in [0.2, 0.25) is 0 Å². The van der Waals surface area contributed by atoms with Crippen LogP contribution in [-0.2, 0) is 4.74 Å². The van der Waals surface area contributed by atoms with E-state index in [9.17, 15) is 0 Å². The second-order valence-electron chi connectivity index (χ2n) is 5.30. The molecule has 2 unspecified atom stereocenters. The summed E-state index contributed by atoms with van der Waals surface area (Å²) in [7, 11) is 2.07. The molecule has 1 aliphatic heterocycles. The Bertz CT molecular complexity index is 349. The van der Waals surface area contributed by atoms with Crippen LogP contribution in [0.5, 0.6) is 0 Å². The SMILES string of the molecule is CNC(CCCC1CCCO1)c1cc(C)c(C)s1. The number of ether oxygens (including phenoxy) is 1. The van der Waals surface area contributed by atoms with E-state index in [1.165, 1.54) is 47.4 Å². The average Bonchev–Trinajstić information content (AvgIpc) is 2.96. The second kappa shape index (κ2) is 6.69. The zero-order chi connectivity index (χ0) is 13.0. The minimum Gasteiger partial charge on any atom is -0.378 e. The Morgan fingerprint density at radius 3 is 2.89 bits per heavy atom. The van der Waals surface area contributed by atoms with Crippen molar-refractivity contribution in [2.24, 2.45) is 0 Å². The fraction of sp³-hybridized carbons (Fsp3) is 0.733. The van der Waals surface area contributed by atoms with Gasteiger partial charge in [0.1, 0.15) is 0 Å². The molecule has 0 saturated carbocycles. The number of nitrogens with one attached hydrogen (secondary N) is 1. The Morgan fingerprint density at radius 2 is 2.33 bits per heavy atom. The third kappa shape index (κ3) is 3.56.